The molecular formula is C10H20N2O3. The van der Waals surface area contributed by atoms with Crippen LogP contribution < -0.4 is 11.1 Å². The number of rotatable bonds is 6. The molecule has 0 bridgehead atoms. The normalized spacial score (nSPS) is 14.7. The van der Waals surface area contributed by atoms with Crippen LogP contribution in [0.5, 0.6) is 0 Å². The van der Waals surface area contributed by atoms with Crippen molar-refractivity contribution in [2.75, 3.05) is 6.54 Å². The Balaban J connectivity index is 4.11. The molecule has 0 saturated heterocycles. The molecule has 2 atom stereocenters. The first-order valence-electron chi connectivity index (χ1n) is 5.16. The molecule has 88 valence electrons. The molecule has 0 aromatic rings. The number of hydrogen-bond acceptors (Lipinski definition) is 3. The first kappa shape index (κ1) is 13.9. The molecule has 0 spiro atoms. The van der Waals surface area contributed by atoms with Crippen molar-refractivity contribution in [3.8, 4) is 0 Å². The van der Waals surface area contributed by atoms with E-state index < -0.39 is 17.9 Å². The molecule has 4 N–H and O–H groups in total. The van der Waals surface area contributed by atoms with E-state index in [1.165, 1.54) is 0 Å². The molecule has 1 unspecified atom stereocenters. The molecule has 0 aliphatic heterocycles. The second-order valence-electron chi connectivity index (χ2n) is 3.95. The summed E-state index contributed by atoms with van der Waals surface area (Å²) in [6.45, 7) is 5.57. The molecule has 0 aliphatic rings. The fourth-order valence-electron chi connectivity index (χ4n) is 1.14. The number of carboxylic acids is 1. The zero-order valence-electron chi connectivity index (χ0n) is 9.49. The van der Waals surface area contributed by atoms with Crippen molar-refractivity contribution in [2.45, 2.75) is 33.2 Å². The molecule has 5 nitrogen and oxygen atoms in total. The Kier molecular flexibility index (Phi) is 5.93. The van der Waals surface area contributed by atoms with E-state index in [9.17, 15) is 9.59 Å². The van der Waals surface area contributed by atoms with Crippen LogP contribution >= 0.6 is 0 Å². The summed E-state index contributed by atoms with van der Waals surface area (Å²) in [6, 6.07) is -0.549. The van der Waals surface area contributed by atoms with E-state index in [1.54, 1.807) is 6.92 Å². The molecule has 0 radical (unpaired) electrons. The lowest BCUT2D eigenvalue weighted by Crippen LogP contribution is -2.44. The fraction of sp³-hybridized carbons (Fsp3) is 0.800. The largest absolute Gasteiger partial charge is 0.481 e. The molecule has 5 heteroatoms. The van der Waals surface area contributed by atoms with Gasteiger partial charge in [0.25, 0.3) is 0 Å². The molecule has 0 fully saturated rings. The second kappa shape index (κ2) is 6.40. The van der Waals surface area contributed by atoms with Crippen molar-refractivity contribution < 1.29 is 14.7 Å². The molecule has 0 aromatic heterocycles. The smallest absolute Gasteiger partial charge is 0.308 e. The van der Waals surface area contributed by atoms with Gasteiger partial charge in [0.05, 0.1) is 12.0 Å². The Morgan fingerprint density at radius 2 is 1.93 bits per heavy atom. The lowest BCUT2D eigenvalue weighted by Gasteiger charge is -2.18. The number of carbonyl (C=O) groups excluding carboxylic acids is 1. The van der Waals surface area contributed by atoms with Gasteiger partial charge in [0.1, 0.15) is 0 Å². The predicted molar refractivity (Wildman–Crippen MR) is 57.2 cm³/mol. The standard InChI is InChI=1S/C10H20N2O3/c1-4-8(11)9(13)12-5-7(6(2)3)10(14)15/h6-8H,4-5,11H2,1-3H3,(H,12,13)(H,14,15)/t7?,8-/m0/s1. The maximum absolute atomic E-state index is 11.3. The van der Waals surface area contributed by atoms with E-state index in [-0.39, 0.29) is 18.4 Å². The highest BCUT2D eigenvalue weighted by Crippen LogP contribution is 2.09. The van der Waals surface area contributed by atoms with Crippen LogP contribution in [0, 0.1) is 11.8 Å². The summed E-state index contributed by atoms with van der Waals surface area (Å²) in [5, 5.41) is 11.4. The second-order valence-corrected chi connectivity index (χ2v) is 3.95. The molecule has 1 amide bonds. The van der Waals surface area contributed by atoms with Gasteiger partial charge in [-0.25, -0.2) is 0 Å². The lowest BCUT2D eigenvalue weighted by atomic mass is 9.96. The topological polar surface area (TPSA) is 92.4 Å². The Bertz CT molecular complexity index is 229. The third-order valence-electron chi connectivity index (χ3n) is 2.39. The summed E-state index contributed by atoms with van der Waals surface area (Å²) in [4.78, 5) is 22.1. The van der Waals surface area contributed by atoms with Crippen molar-refractivity contribution in [1.29, 1.82) is 0 Å². The zero-order valence-corrected chi connectivity index (χ0v) is 9.49. The van der Waals surface area contributed by atoms with Crippen molar-refractivity contribution in [1.82, 2.24) is 5.32 Å². The van der Waals surface area contributed by atoms with Gasteiger partial charge in [-0.15, -0.1) is 0 Å². The number of nitrogens with two attached hydrogens (primary N) is 1. The van der Waals surface area contributed by atoms with Gasteiger partial charge >= 0.3 is 5.97 Å². The van der Waals surface area contributed by atoms with Gasteiger partial charge in [-0.3, -0.25) is 9.59 Å². The summed E-state index contributed by atoms with van der Waals surface area (Å²) in [5.41, 5.74) is 5.50. The molecule has 0 aromatic carbocycles. The van der Waals surface area contributed by atoms with Gasteiger partial charge in [0.15, 0.2) is 0 Å². The first-order valence-corrected chi connectivity index (χ1v) is 5.16. The monoisotopic (exact) mass is 216 g/mol. The van der Waals surface area contributed by atoms with Crippen molar-refractivity contribution in [3.63, 3.8) is 0 Å². The highest BCUT2D eigenvalue weighted by Gasteiger charge is 2.22. The van der Waals surface area contributed by atoms with Crippen LogP contribution in [0.2, 0.25) is 0 Å². The molecule has 0 aliphatic carbocycles. The van der Waals surface area contributed by atoms with E-state index in [4.69, 9.17) is 10.8 Å². The minimum absolute atomic E-state index is 0.0133. The van der Waals surface area contributed by atoms with Crippen molar-refractivity contribution in [2.24, 2.45) is 17.6 Å². The van der Waals surface area contributed by atoms with Gasteiger partial charge in [0, 0.05) is 6.54 Å². The number of aliphatic carboxylic acids is 1. The average Bonchev–Trinajstić information content (AvgIpc) is 2.15. The van der Waals surface area contributed by atoms with Crippen LogP contribution in [0.1, 0.15) is 27.2 Å². The Labute approximate surface area is 90.0 Å². The van der Waals surface area contributed by atoms with Gasteiger partial charge in [-0.1, -0.05) is 20.8 Å². The van der Waals surface area contributed by atoms with Crippen LogP contribution in [0.3, 0.4) is 0 Å². The average molecular weight is 216 g/mol. The van der Waals surface area contributed by atoms with E-state index in [2.05, 4.69) is 5.32 Å². The molecular weight excluding hydrogens is 196 g/mol. The number of hydrogen-bond donors (Lipinski definition) is 3. The summed E-state index contributed by atoms with van der Waals surface area (Å²) in [6.07, 6.45) is 0.547. The third-order valence-corrected chi connectivity index (χ3v) is 2.39. The van der Waals surface area contributed by atoms with Gasteiger partial charge < -0.3 is 16.2 Å². The van der Waals surface area contributed by atoms with E-state index in [0.29, 0.717) is 6.42 Å². The van der Waals surface area contributed by atoms with Gasteiger partial charge in [-0.2, -0.15) is 0 Å². The predicted octanol–water partition coefficient (Wildman–Crippen LogP) is 0.197. The number of carbonyl (C=O) groups is 2. The molecule has 0 saturated carbocycles. The minimum Gasteiger partial charge on any atom is -0.481 e. The summed E-state index contributed by atoms with van der Waals surface area (Å²) < 4.78 is 0. The minimum atomic E-state index is -0.893. The SMILES string of the molecule is CC[C@H](N)C(=O)NCC(C(=O)O)C(C)C. The van der Waals surface area contributed by atoms with E-state index >= 15 is 0 Å². The van der Waals surface area contributed by atoms with Crippen molar-refractivity contribution in [3.05, 3.63) is 0 Å². The van der Waals surface area contributed by atoms with Gasteiger partial charge in [-0.05, 0) is 12.3 Å². The van der Waals surface area contributed by atoms with Crippen LogP contribution in [0.4, 0.5) is 0 Å². The Morgan fingerprint density at radius 1 is 1.40 bits per heavy atom. The Morgan fingerprint density at radius 3 is 2.27 bits per heavy atom. The fourth-order valence-corrected chi connectivity index (χ4v) is 1.14. The Hall–Kier alpha value is -1.10. The quantitative estimate of drug-likeness (QED) is 0.591. The maximum atomic E-state index is 11.3. The van der Waals surface area contributed by atoms with Crippen molar-refractivity contribution >= 4 is 11.9 Å². The number of carboxylic acid groups (broad SMARTS) is 1. The van der Waals surface area contributed by atoms with E-state index in [1.807, 2.05) is 13.8 Å². The van der Waals surface area contributed by atoms with Crippen LogP contribution in [-0.2, 0) is 9.59 Å². The van der Waals surface area contributed by atoms with Crippen LogP contribution in [-0.4, -0.2) is 29.6 Å². The van der Waals surface area contributed by atoms with Crippen LogP contribution in [0.15, 0.2) is 0 Å². The van der Waals surface area contributed by atoms with Gasteiger partial charge in [0.2, 0.25) is 5.91 Å². The van der Waals surface area contributed by atoms with Crippen LogP contribution in [0.25, 0.3) is 0 Å². The zero-order chi connectivity index (χ0) is 12.0. The maximum Gasteiger partial charge on any atom is 0.308 e. The molecule has 15 heavy (non-hydrogen) atoms. The molecule has 0 heterocycles. The highest BCUT2D eigenvalue weighted by molar-refractivity contribution is 5.82. The first-order chi connectivity index (χ1) is 6.90. The molecule has 0 rings (SSSR count). The highest BCUT2D eigenvalue weighted by atomic mass is 16.4. The third kappa shape index (κ3) is 4.78. The number of nitrogens with one attached hydrogen (secondary N) is 1. The summed E-state index contributed by atoms with van der Waals surface area (Å²) in [5.74, 6) is -1.75. The summed E-state index contributed by atoms with van der Waals surface area (Å²) >= 11 is 0. The number of amides is 1. The lowest BCUT2D eigenvalue weighted by molar-refractivity contribution is -0.143. The summed E-state index contributed by atoms with van der Waals surface area (Å²) in [7, 11) is 0. The van der Waals surface area contributed by atoms with E-state index in [0.717, 1.165) is 0 Å².